The molecule has 0 radical (unpaired) electrons. The van der Waals surface area contributed by atoms with Crippen molar-refractivity contribution in [1.29, 1.82) is 0 Å². The molecular formula is C21H18N2O5S. The number of thiophene rings is 1. The number of carbonyl (C=O) groups is 1. The van der Waals surface area contributed by atoms with E-state index < -0.39 is 12.1 Å². The molecule has 0 spiro atoms. The summed E-state index contributed by atoms with van der Waals surface area (Å²) in [6.07, 6.45) is -0.832. The highest BCUT2D eigenvalue weighted by molar-refractivity contribution is 7.18. The van der Waals surface area contributed by atoms with Crippen molar-refractivity contribution in [3.05, 3.63) is 72.4 Å². The Morgan fingerprint density at radius 2 is 1.97 bits per heavy atom. The molecule has 1 aromatic carbocycles. The number of H-pyrrole nitrogens is 1. The monoisotopic (exact) mass is 410 g/mol. The van der Waals surface area contributed by atoms with Crippen molar-refractivity contribution >= 4 is 38.5 Å². The average molecular weight is 410 g/mol. The summed E-state index contributed by atoms with van der Waals surface area (Å²) < 4.78 is 10.9. The van der Waals surface area contributed by atoms with Crippen molar-refractivity contribution in [2.45, 2.75) is 33.8 Å². The van der Waals surface area contributed by atoms with Crippen LogP contribution in [0, 0.1) is 20.8 Å². The first-order valence-corrected chi connectivity index (χ1v) is 9.81. The number of fused-ring (bicyclic) bond motifs is 2. The summed E-state index contributed by atoms with van der Waals surface area (Å²) >= 11 is 1.41. The number of nitrogens with one attached hydrogen (secondary N) is 1. The van der Waals surface area contributed by atoms with E-state index in [1.54, 1.807) is 25.1 Å². The van der Waals surface area contributed by atoms with Gasteiger partial charge < -0.3 is 14.1 Å². The molecule has 4 aromatic rings. The summed E-state index contributed by atoms with van der Waals surface area (Å²) in [4.78, 5) is 46.0. The van der Waals surface area contributed by atoms with Gasteiger partial charge >= 0.3 is 5.97 Å². The van der Waals surface area contributed by atoms with Crippen molar-refractivity contribution in [2.75, 3.05) is 0 Å². The molecule has 4 rings (SSSR count). The Morgan fingerprint density at radius 3 is 2.72 bits per heavy atom. The molecule has 0 unspecified atom stereocenters. The lowest BCUT2D eigenvalue weighted by molar-refractivity contribution is 0.0284. The summed E-state index contributed by atoms with van der Waals surface area (Å²) in [6.45, 7) is 7.26. The summed E-state index contributed by atoms with van der Waals surface area (Å²) in [5, 5.41) is 0.945. The molecule has 1 N–H and O–H groups in total. The molecule has 0 fully saturated rings. The Kier molecular flexibility index (Phi) is 4.58. The fourth-order valence-electron chi connectivity index (χ4n) is 3.11. The van der Waals surface area contributed by atoms with Crippen LogP contribution < -0.4 is 11.0 Å². The number of benzene rings is 1. The number of esters is 1. The largest absolute Gasteiger partial charge is 0.449 e. The zero-order valence-electron chi connectivity index (χ0n) is 16.3. The number of rotatable bonds is 3. The molecule has 3 heterocycles. The van der Waals surface area contributed by atoms with Gasteiger partial charge in [0.15, 0.2) is 17.4 Å². The lowest BCUT2D eigenvalue weighted by Gasteiger charge is -2.12. The highest BCUT2D eigenvalue weighted by atomic mass is 32.1. The Bertz CT molecular complexity index is 1400. The summed E-state index contributed by atoms with van der Waals surface area (Å²) in [5.41, 5.74) is 1.51. The number of nitrogens with zero attached hydrogens (tertiary/aromatic N) is 1. The number of aromatic amines is 1. The van der Waals surface area contributed by atoms with Gasteiger partial charge in [0.1, 0.15) is 10.4 Å². The van der Waals surface area contributed by atoms with Crippen molar-refractivity contribution in [2.24, 2.45) is 0 Å². The minimum absolute atomic E-state index is 0.204. The lowest BCUT2D eigenvalue weighted by atomic mass is 10.1. The first kappa shape index (κ1) is 19.1. The normalized spacial score (nSPS) is 12.4. The van der Waals surface area contributed by atoms with Gasteiger partial charge in [0.05, 0.1) is 10.8 Å². The minimum atomic E-state index is -0.832. The van der Waals surface area contributed by atoms with Crippen LogP contribution in [0.2, 0.25) is 0 Å². The van der Waals surface area contributed by atoms with Gasteiger partial charge in [-0.2, -0.15) is 0 Å². The first-order chi connectivity index (χ1) is 13.7. The smallest absolute Gasteiger partial charge is 0.375 e. The van der Waals surface area contributed by atoms with E-state index in [1.807, 2.05) is 20.8 Å². The van der Waals surface area contributed by atoms with Crippen LogP contribution in [0.4, 0.5) is 0 Å². The maximum absolute atomic E-state index is 12.5. The minimum Gasteiger partial charge on any atom is -0.449 e. The van der Waals surface area contributed by atoms with E-state index in [9.17, 15) is 14.4 Å². The van der Waals surface area contributed by atoms with E-state index >= 15 is 0 Å². The topological polar surface area (TPSA) is 102 Å². The van der Waals surface area contributed by atoms with E-state index in [0.29, 0.717) is 21.2 Å². The van der Waals surface area contributed by atoms with E-state index in [2.05, 4.69) is 9.97 Å². The van der Waals surface area contributed by atoms with E-state index in [-0.39, 0.29) is 22.6 Å². The van der Waals surface area contributed by atoms with Gasteiger partial charge in [0.2, 0.25) is 5.76 Å². The molecule has 7 nitrogen and oxygen atoms in total. The summed E-state index contributed by atoms with van der Waals surface area (Å²) in [6, 6.07) is 6.24. The van der Waals surface area contributed by atoms with Crippen LogP contribution in [0.15, 0.2) is 38.3 Å². The van der Waals surface area contributed by atoms with Crippen LogP contribution in [0.1, 0.15) is 45.4 Å². The van der Waals surface area contributed by atoms with Crippen LogP contribution in [-0.2, 0) is 4.74 Å². The maximum Gasteiger partial charge on any atom is 0.375 e. The fourth-order valence-corrected chi connectivity index (χ4v) is 4.15. The van der Waals surface area contributed by atoms with Gasteiger partial charge in [-0.1, -0.05) is 11.6 Å². The highest BCUT2D eigenvalue weighted by Gasteiger charge is 2.21. The SMILES string of the molecule is Cc1ccc2oc(C(=O)O[C@@H](C)c3nc4sc(C)c(C)c4c(=O)[nH]3)cc(=O)c2c1. The zero-order valence-corrected chi connectivity index (χ0v) is 17.1. The third-order valence-corrected chi connectivity index (χ3v) is 5.91. The second-order valence-corrected chi connectivity index (χ2v) is 8.14. The molecular weight excluding hydrogens is 392 g/mol. The number of aromatic nitrogens is 2. The lowest BCUT2D eigenvalue weighted by Crippen LogP contribution is -2.18. The molecule has 0 amide bonds. The second kappa shape index (κ2) is 6.97. The maximum atomic E-state index is 12.5. The van der Waals surface area contributed by atoms with Gasteiger partial charge in [-0.3, -0.25) is 9.59 Å². The van der Waals surface area contributed by atoms with Crippen LogP contribution in [0.3, 0.4) is 0 Å². The molecule has 1 atom stereocenters. The number of ether oxygens (including phenoxy) is 1. The second-order valence-electron chi connectivity index (χ2n) is 6.94. The highest BCUT2D eigenvalue weighted by Crippen LogP contribution is 2.27. The van der Waals surface area contributed by atoms with Crippen molar-refractivity contribution in [3.63, 3.8) is 0 Å². The Hall–Kier alpha value is -3.26. The molecule has 0 saturated heterocycles. The van der Waals surface area contributed by atoms with Crippen LogP contribution in [0.5, 0.6) is 0 Å². The summed E-state index contributed by atoms with van der Waals surface area (Å²) in [7, 11) is 0. The summed E-state index contributed by atoms with van der Waals surface area (Å²) in [5.74, 6) is -0.779. The fraction of sp³-hybridized carbons (Fsp3) is 0.238. The van der Waals surface area contributed by atoms with Gasteiger partial charge in [0, 0.05) is 10.9 Å². The number of carbonyl (C=O) groups excluding carboxylic acids is 1. The third kappa shape index (κ3) is 3.36. The van der Waals surface area contributed by atoms with Crippen molar-refractivity contribution < 1.29 is 13.9 Å². The van der Waals surface area contributed by atoms with Gasteiger partial charge in [-0.05, 0) is 45.4 Å². The van der Waals surface area contributed by atoms with E-state index in [1.165, 1.54) is 11.3 Å². The predicted octanol–water partition coefficient (Wildman–Crippen LogP) is 3.93. The Morgan fingerprint density at radius 1 is 1.21 bits per heavy atom. The third-order valence-electron chi connectivity index (χ3n) is 4.81. The predicted molar refractivity (Wildman–Crippen MR) is 111 cm³/mol. The van der Waals surface area contributed by atoms with Crippen molar-refractivity contribution in [1.82, 2.24) is 9.97 Å². The van der Waals surface area contributed by atoms with Gasteiger partial charge in [0.25, 0.3) is 5.56 Å². The average Bonchev–Trinajstić information content (AvgIpc) is 2.96. The first-order valence-electron chi connectivity index (χ1n) is 9.00. The quantitative estimate of drug-likeness (QED) is 0.513. The zero-order chi connectivity index (χ0) is 20.9. The molecule has 0 bridgehead atoms. The van der Waals surface area contributed by atoms with Gasteiger partial charge in [-0.15, -0.1) is 11.3 Å². The molecule has 148 valence electrons. The van der Waals surface area contributed by atoms with Crippen LogP contribution in [0.25, 0.3) is 21.2 Å². The molecule has 0 saturated carbocycles. The van der Waals surface area contributed by atoms with E-state index in [4.69, 9.17) is 9.15 Å². The number of hydrogen-bond donors (Lipinski definition) is 1. The molecule has 0 aliphatic heterocycles. The van der Waals surface area contributed by atoms with E-state index in [0.717, 1.165) is 22.1 Å². The molecule has 0 aliphatic rings. The van der Waals surface area contributed by atoms with Gasteiger partial charge in [-0.25, -0.2) is 9.78 Å². The number of aryl methyl sites for hydroxylation is 3. The Labute approximate surface area is 169 Å². The number of hydrogen-bond acceptors (Lipinski definition) is 7. The molecule has 8 heteroatoms. The Balaban J connectivity index is 1.66. The van der Waals surface area contributed by atoms with Crippen LogP contribution in [-0.4, -0.2) is 15.9 Å². The van der Waals surface area contributed by atoms with Crippen molar-refractivity contribution in [3.8, 4) is 0 Å². The van der Waals surface area contributed by atoms with Crippen LogP contribution >= 0.6 is 11.3 Å². The standard InChI is InChI=1S/C21H18N2O5S/c1-9-5-6-15-13(7-9)14(24)8-16(28-15)21(26)27-11(3)18-22-19(25)17-10(2)12(4)29-20(17)23-18/h5-8,11H,1-4H3,(H,22,23,25)/t11-/m0/s1. The molecule has 0 aliphatic carbocycles. The molecule has 29 heavy (non-hydrogen) atoms. The molecule has 3 aromatic heterocycles.